The topological polar surface area (TPSA) is 34.9 Å². The summed E-state index contributed by atoms with van der Waals surface area (Å²) in [4.78, 5) is 17.3. The molecule has 0 N–H and O–H groups in total. The fraction of sp³-hybridized carbons (Fsp3) is 0.158. The zero-order chi connectivity index (χ0) is 16.2. The van der Waals surface area contributed by atoms with Gasteiger partial charge in [-0.05, 0) is 24.3 Å². The monoisotopic (exact) mass is 322 g/mol. The minimum absolute atomic E-state index is 0.0282. The van der Waals surface area contributed by atoms with E-state index in [1.54, 1.807) is 10.6 Å². The van der Waals surface area contributed by atoms with E-state index in [4.69, 9.17) is 0 Å². The largest absolute Gasteiger partial charge is 0.276 e. The van der Waals surface area contributed by atoms with Gasteiger partial charge in [-0.1, -0.05) is 72.4 Å². The van der Waals surface area contributed by atoms with E-state index in [9.17, 15) is 4.79 Å². The number of hydrogen-bond donors (Lipinski definition) is 0. The van der Waals surface area contributed by atoms with Gasteiger partial charge in [0, 0.05) is 11.8 Å². The van der Waals surface area contributed by atoms with Crippen LogP contribution in [0.1, 0.15) is 22.9 Å². The Labute approximate surface area is 140 Å². The van der Waals surface area contributed by atoms with E-state index in [0.717, 1.165) is 22.0 Å². The highest BCUT2D eigenvalue weighted by Crippen LogP contribution is 2.28. The van der Waals surface area contributed by atoms with E-state index in [0.29, 0.717) is 0 Å². The zero-order valence-corrected chi connectivity index (χ0v) is 14.0. The SMILES string of the molecule is CSc1nc(C)cc(=O)n1C(c1ccccc1)c1ccccc1. The molecule has 4 heteroatoms. The third-order valence-corrected chi connectivity index (χ3v) is 4.37. The molecule has 3 nitrogen and oxygen atoms in total. The molecule has 3 rings (SSSR count). The highest BCUT2D eigenvalue weighted by atomic mass is 32.2. The molecule has 1 heterocycles. The normalized spacial score (nSPS) is 10.9. The van der Waals surface area contributed by atoms with Crippen LogP contribution in [0.15, 0.2) is 76.7 Å². The van der Waals surface area contributed by atoms with E-state index in [1.165, 1.54) is 11.8 Å². The van der Waals surface area contributed by atoms with Crippen molar-refractivity contribution >= 4 is 11.8 Å². The van der Waals surface area contributed by atoms with E-state index in [-0.39, 0.29) is 11.6 Å². The maximum Gasteiger partial charge on any atom is 0.255 e. The molecule has 0 bridgehead atoms. The highest BCUT2D eigenvalue weighted by Gasteiger charge is 2.20. The molecule has 0 amide bonds. The predicted octanol–water partition coefficient (Wildman–Crippen LogP) is 3.91. The summed E-state index contributed by atoms with van der Waals surface area (Å²) in [5, 5.41) is 0.729. The molecule has 0 aliphatic carbocycles. The van der Waals surface area contributed by atoms with Gasteiger partial charge in [0.2, 0.25) is 0 Å². The lowest BCUT2D eigenvalue weighted by Gasteiger charge is -2.23. The second-order valence-corrected chi connectivity index (χ2v) is 6.09. The van der Waals surface area contributed by atoms with E-state index in [1.807, 2.05) is 73.8 Å². The molecule has 116 valence electrons. The minimum atomic E-state index is -0.180. The van der Waals surface area contributed by atoms with Gasteiger partial charge in [0.1, 0.15) is 0 Å². The van der Waals surface area contributed by atoms with Crippen molar-refractivity contribution in [1.29, 1.82) is 0 Å². The van der Waals surface area contributed by atoms with Crippen LogP contribution in [0.2, 0.25) is 0 Å². The first-order valence-corrected chi connectivity index (χ1v) is 8.67. The van der Waals surface area contributed by atoms with Gasteiger partial charge in [0.15, 0.2) is 5.16 Å². The average Bonchev–Trinajstić information content (AvgIpc) is 2.58. The Hall–Kier alpha value is -2.33. The van der Waals surface area contributed by atoms with Gasteiger partial charge in [-0.25, -0.2) is 4.98 Å². The van der Waals surface area contributed by atoms with Crippen molar-refractivity contribution in [2.24, 2.45) is 0 Å². The molecule has 3 aromatic rings. The molecule has 0 atom stereocenters. The zero-order valence-electron chi connectivity index (χ0n) is 13.1. The molecule has 0 saturated heterocycles. The fourth-order valence-electron chi connectivity index (χ4n) is 2.72. The summed E-state index contributed by atoms with van der Waals surface area (Å²) in [6.45, 7) is 1.85. The summed E-state index contributed by atoms with van der Waals surface area (Å²) in [5.41, 5.74) is 2.86. The molecular weight excluding hydrogens is 304 g/mol. The third-order valence-electron chi connectivity index (χ3n) is 3.72. The summed E-state index contributed by atoms with van der Waals surface area (Å²) in [6.07, 6.45) is 1.95. The molecule has 1 aromatic heterocycles. The van der Waals surface area contributed by atoms with Gasteiger partial charge in [-0.3, -0.25) is 9.36 Å². The molecule has 0 unspecified atom stereocenters. The Balaban J connectivity index is 2.28. The third kappa shape index (κ3) is 3.22. The number of rotatable bonds is 4. The standard InChI is InChI=1S/C19H18N2OS/c1-14-13-17(22)21(19(20-14)23-2)18(15-9-5-3-6-10-15)16-11-7-4-8-12-16/h3-13,18H,1-2H3. The number of nitrogens with zero attached hydrogens (tertiary/aromatic N) is 2. The lowest BCUT2D eigenvalue weighted by molar-refractivity contribution is 0.564. The summed E-state index contributed by atoms with van der Waals surface area (Å²) in [5.74, 6) is 0. The lowest BCUT2D eigenvalue weighted by Crippen LogP contribution is -2.28. The lowest BCUT2D eigenvalue weighted by atomic mass is 9.98. The van der Waals surface area contributed by atoms with Crippen LogP contribution < -0.4 is 5.56 Å². The summed E-state index contributed by atoms with van der Waals surface area (Å²) in [7, 11) is 0. The molecule has 0 aliphatic rings. The number of thioether (sulfide) groups is 1. The maximum absolute atomic E-state index is 12.7. The van der Waals surface area contributed by atoms with Crippen LogP contribution in [0.25, 0.3) is 0 Å². The molecule has 0 fully saturated rings. The Bertz CT molecular complexity index is 805. The van der Waals surface area contributed by atoms with Crippen molar-refractivity contribution in [2.45, 2.75) is 18.1 Å². The van der Waals surface area contributed by atoms with Crippen molar-refractivity contribution in [2.75, 3.05) is 6.26 Å². The molecular formula is C19H18N2OS. The first kappa shape index (κ1) is 15.6. The second-order valence-electron chi connectivity index (χ2n) is 5.32. The van der Waals surface area contributed by atoms with Crippen LogP contribution in [-0.4, -0.2) is 15.8 Å². The first-order valence-electron chi connectivity index (χ1n) is 7.45. The van der Waals surface area contributed by atoms with Crippen LogP contribution in [0.3, 0.4) is 0 Å². The minimum Gasteiger partial charge on any atom is -0.276 e. The van der Waals surface area contributed by atoms with Crippen LogP contribution in [0, 0.1) is 6.92 Å². The Morgan fingerprint density at radius 2 is 1.48 bits per heavy atom. The number of aromatic nitrogens is 2. The van der Waals surface area contributed by atoms with Gasteiger partial charge in [0.05, 0.1) is 6.04 Å². The van der Waals surface area contributed by atoms with Crippen molar-refractivity contribution in [3.05, 3.63) is 93.9 Å². The molecule has 0 radical (unpaired) electrons. The summed E-state index contributed by atoms with van der Waals surface area (Å²) >= 11 is 1.49. The van der Waals surface area contributed by atoms with E-state index >= 15 is 0 Å². The van der Waals surface area contributed by atoms with Crippen LogP contribution in [-0.2, 0) is 0 Å². The number of benzene rings is 2. The molecule has 0 spiro atoms. The quantitative estimate of drug-likeness (QED) is 0.539. The van der Waals surface area contributed by atoms with Crippen molar-refractivity contribution in [1.82, 2.24) is 9.55 Å². The van der Waals surface area contributed by atoms with Crippen LogP contribution in [0.5, 0.6) is 0 Å². The Kier molecular flexibility index (Phi) is 4.63. The number of hydrogen-bond acceptors (Lipinski definition) is 3. The molecule has 0 saturated carbocycles. The van der Waals surface area contributed by atoms with Crippen molar-refractivity contribution in [3.8, 4) is 0 Å². The number of aryl methyl sites for hydroxylation is 1. The summed E-state index contributed by atoms with van der Waals surface area (Å²) < 4.78 is 1.78. The average molecular weight is 322 g/mol. The van der Waals surface area contributed by atoms with Gasteiger partial charge in [-0.2, -0.15) is 0 Å². The first-order chi connectivity index (χ1) is 11.2. The van der Waals surface area contributed by atoms with Gasteiger partial charge in [-0.15, -0.1) is 0 Å². The van der Waals surface area contributed by atoms with E-state index < -0.39 is 0 Å². The Morgan fingerprint density at radius 3 is 1.96 bits per heavy atom. The smallest absolute Gasteiger partial charge is 0.255 e. The fourth-order valence-corrected chi connectivity index (χ4v) is 3.35. The maximum atomic E-state index is 12.7. The van der Waals surface area contributed by atoms with Gasteiger partial charge in [0.25, 0.3) is 5.56 Å². The highest BCUT2D eigenvalue weighted by molar-refractivity contribution is 7.98. The predicted molar refractivity (Wildman–Crippen MR) is 95.1 cm³/mol. The van der Waals surface area contributed by atoms with Gasteiger partial charge >= 0.3 is 0 Å². The van der Waals surface area contributed by atoms with E-state index in [2.05, 4.69) is 4.98 Å². The van der Waals surface area contributed by atoms with Crippen molar-refractivity contribution in [3.63, 3.8) is 0 Å². The van der Waals surface area contributed by atoms with Gasteiger partial charge < -0.3 is 0 Å². The van der Waals surface area contributed by atoms with Crippen LogP contribution >= 0.6 is 11.8 Å². The molecule has 2 aromatic carbocycles. The summed E-state index contributed by atoms with van der Waals surface area (Å²) in [6, 6.07) is 21.6. The van der Waals surface area contributed by atoms with Crippen molar-refractivity contribution < 1.29 is 0 Å². The molecule has 23 heavy (non-hydrogen) atoms. The van der Waals surface area contributed by atoms with Crippen LogP contribution in [0.4, 0.5) is 0 Å². The Morgan fingerprint density at radius 1 is 0.957 bits per heavy atom. The molecule has 0 aliphatic heterocycles. The second kappa shape index (κ2) is 6.84.